The van der Waals surface area contributed by atoms with Crippen molar-refractivity contribution in [3.63, 3.8) is 0 Å². The van der Waals surface area contributed by atoms with E-state index in [0.29, 0.717) is 17.8 Å². The highest BCUT2D eigenvalue weighted by atomic mass is 16.6. The second-order valence-electron chi connectivity index (χ2n) is 6.95. The molecule has 1 atom stereocenters. The molecular formula is C17H21N5O2. The summed E-state index contributed by atoms with van der Waals surface area (Å²) in [6, 6.07) is 4.13. The molecule has 1 amide bonds. The van der Waals surface area contributed by atoms with Gasteiger partial charge in [-0.25, -0.2) is 9.78 Å². The summed E-state index contributed by atoms with van der Waals surface area (Å²) in [6.07, 6.45) is 3.83. The number of rotatable bonds is 2. The van der Waals surface area contributed by atoms with E-state index in [1.165, 1.54) is 0 Å². The molecule has 2 aromatic heterocycles. The van der Waals surface area contributed by atoms with Crippen molar-refractivity contribution in [2.24, 2.45) is 0 Å². The highest BCUT2D eigenvalue weighted by Gasteiger charge is 2.27. The van der Waals surface area contributed by atoms with E-state index in [0.717, 1.165) is 24.0 Å². The van der Waals surface area contributed by atoms with Crippen LogP contribution in [0.25, 0.3) is 11.0 Å². The molecule has 7 heteroatoms. The average molecular weight is 327 g/mol. The van der Waals surface area contributed by atoms with Crippen molar-refractivity contribution < 1.29 is 9.53 Å². The molecule has 1 saturated heterocycles. The van der Waals surface area contributed by atoms with Crippen molar-refractivity contribution in [3.8, 4) is 6.07 Å². The molecule has 0 saturated carbocycles. The fourth-order valence-corrected chi connectivity index (χ4v) is 2.96. The summed E-state index contributed by atoms with van der Waals surface area (Å²) >= 11 is 0. The smallest absolute Gasteiger partial charge is 0.407 e. The maximum atomic E-state index is 11.9. The number of hydrogen-bond acceptors (Lipinski definition) is 5. The largest absolute Gasteiger partial charge is 0.444 e. The van der Waals surface area contributed by atoms with Crippen LogP contribution in [0, 0.1) is 11.3 Å². The van der Waals surface area contributed by atoms with Gasteiger partial charge < -0.3 is 19.9 Å². The van der Waals surface area contributed by atoms with E-state index >= 15 is 0 Å². The number of ether oxygens (including phenoxy) is 1. The van der Waals surface area contributed by atoms with Crippen LogP contribution in [0.15, 0.2) is 18.5 Å². The lowest BCUT2D eigenvalue weighted by molar-refractivity contribution is 0.0509. The Morgan fingerprint density at radius 2 is 2.33 bits per heavy atom. The number of carbonyl (C=O) groups is 1. The molecule has 0 aliphatic carbocycles. The third-order valence-corrected chi connectivity index (χ3v) is 3.92. The summed E-state index contributed by atoms with van der Waals surface area (Å²) in [7, 11) is 0. The highest BCUT2D eigenvalue weighted by molar-refractivity contribution is 5.95. The lowest BCUT2D eigenvalue weighted by Gasteiger charge is -2.22. The number of aromatic nitrogens is 2. The van der Waals surface area contributed by atoms with Crippen LogP contribution in [-0.4, -0.2) is 40.8 Å². The van der Waals surface area contributed by atoms with Gasteiger partial charge in [-0.3, -0.25) is 0 Å². The Hall–Kier alpha value is -2.75. The van der Waals surface area contributed by atoms with Crippen LogP contribution < -0.4 is 10.2 Å². The maximum Gasteiger partial charge on any atom is 0.407 e. The third-order valence-electron chi connectivity index (χ3n) is 3.92. The van der Waals surface area contributed by atoms with E-state index in [-0.39, 0.29) is 6.04 Å². The van der Waals surface area contributed by atoms with Crippen molar-refractivity contribution in [3.05, 3.63) is 24.0 Å². The minimum atomic E-state index is -0.507. The molecule has 24 heavy (non-hydrogen) atoms. The van der Waals surface area contributed by atoms with E-state index in [4.69, 9.17) is 4.74 Å². The molecule has 3 rings (SSSR count). The molecule has 3 heterocycles. The highest BCUT2D eigenvalue weighted by Crippen LogP contribution is 2.30. The second-order valence-corrected chi connectivity index (χ2v) is 6.95. The molecule has 1 aliphatic heterocycles. The number of fused-ring (bicyclic) bond motifs is 1. The van der Waals surface area contributed by atoms with Gasteiger partial charge in [0.1, 0.15) is 17.3 Å². The molecule has 0 unspecified atom stereocenters. The van der Waals surface area contributed by atoms with E-state index in [2.05, 4.69) is 26.3 Å². The van der Waals surface area contributed by atoms with Crippen molar-refractivity contribution in [1.29, 1.82) is 5.26 Å². The normalized spacial score (nSPS) is 17.8. The lowest BCUT2D eigenvalue weighted by atomic mass is 10.2. The minimum Gasteiger partial charge on any atom is -0.444 e. The predicted molar refractivity (Wildman–Crippen MR) is 90.8 cm³/mol. The van der Waals surface area contributed by atoms with Gasteiger partial charge in [0.15, 0.2) is 0 Å². The van der Waals surface area contributed by atoms with Crippen LogP contribution >= 0.6 is 0 Å². The van der Waals surface area contributed by atoms with Gasteiger partial charge in [0, 0.05) is 25.5 Å². The minimum absolute atomic E-state index is 0.0209. The molecule has 2 N–H and O–H groups in total. The standard InChI is InChI=1S/C17H21N5O2/c1-17(2,3)24-16(23)21-12-5-7-22(10-12)13-4-6-19-15-14(13)11(8-18)9-20-15/h4,6,9,12H,5,7,10H2,1-3H3,(H,19,20)(H,21,23)/t12-/m1/s1. The first-order valence-electron chi connectivity index (χ1n) is 7.98. The van der Waals surface area contributed by atoms with Gasteiger partial charge in [-0.05, 0) is 33.3 Å². The van der Waals surface area contributed by atoms with E-state index in [9.17, 15) is 10.1 Å². The third kappa shape index (κ3) is 3.27. The van der Waals surface area contributed by atoms with Gasteiger partial charge >= 0.3 is 6.09 Å². The maximum absolute atomic E-state index is 11.9. The molecule has 1 aliphatic rings. The van der Waals surface area contributed by atoms with Crippen LogP contribution in [0.4, 0.5) is 10.5 Å². The van der Waals surface area contributed by atoms with Crippen LogP contribution in [0.5, 0.6) is 0 Å². The number of carbonyl (C=O) groups excluding carboxylic acids is 1. The molecule has 1 fully saturated rings. The summed E-state index contributed by atoms with van der Waals surface area (Å²) in [6.45, 7) is 7.01. The van der Waals surface area contributed by atoms with E-state index in [1.807, 2.05) is 26.8 Å². The van der Waals surface area contributed by atoms with Gasteiger partial charge in [0.2, 0.25) is 0 Å². The van der Waals surface area contributed by atoms with Gasteiger partial charge in [0.25, 0.3) is 0 Å². The summed E-state index contributed by atoms with van der Waals surface area (Å²) < 4.78 is 5.31. The number of hydrogen-bond donors (Lipinski definition) is 2. The Morgan fingerprint density at radius 3 is 3.04 bits per heavy atom. The van der Waals surface area contributed by atoms with Gasteiger partial charge in [-0.15, -0.1) is 0 Å². The molecule has 0 spiro atoms. The lowest BCUT2D eigenvalue weighted by Crippen LogP contribution is -2.40. The zero-order valence-electron chi connectivity index (χ0n) is 14.1. The first-order valence-corrected chi connectivity index (χ1v) is 7.98. The fourth-order valence-electron chi connectivity index (χ4n) is 2.96. The number of anilines is 1. The number of alkyl carbamates (subject to hydrolysis) is 1. The van der Waals surface area contributed by atoms with Crippen LogP contribution in [-0.2, 0) is 4.74 Å². The summed E-state index contributed by atoms with van der Waals surface area (Å²) in [5.41, 5.74) is 1.74. The number of H-pyrrole nitrogens is 1. The number of amides is 1. The van der Waals surface area contributed by atoms with Crippen molar-refractivity contribution in [1.82, 2.24) is 15.3 Å². The number of nitrogens with zero attached hydrogens (tertiary/aromatic N) is 3. The fraction of sp³-hybridized carbons (Fsp3) is 0.471. The summed E-state index contributed by atoms with van der Waals surface area (Å²) in [5.74, 6) is 0. The Balaban J connectivity index is 1.74. The zero-order chi connectivity index (χ0) is 17.3. The first kappa shape index (κ1) is 16.1. The average Bonchev–Trinajstić information content (AvgIpc) is 3.11. The zero-order valence-corrected chi connectivity index (χ0v) is 14.1. The van der Waals surface area contributed by atoms with E-state index in [1.54, 1.807) is 12.4 Å². The second kappa shape index (κ2) is 6.04. The molecular weight excluding hydrogens is 306 g/mol. The number of nitrogens with one attached hydrogen (secondary N) is 2. The monoisotopic (exact) mass is 327 g/mol. The van der Waals surface area contributed by atoms with Crippen molar-refractivity contribution >= 4 is 22.8 Å². The molecule has 0 bridgehead atoms. The Labute approximate surface area is 140 Å². The Morgan fingerprint density at radius 1 is 1.54 bits per heavy atom. The summed E-state index contributed by atoms with van der Waals surface area (Å²) in [4.78, 5) is 21.4. The molecule has 7 nitrogen and oxygen atoms in total. The number of nitriles is 1. The first-order chi connectivity index (χ1) is 11.4. The van der Waals surface area contributed by atoms with Crippen LogP contribution in [0.2, 0.25) is 0 Å². The van der Waals surface area contributed by atoms with Crippen LogP contribution in [0.3, 0.4) is 0 Å². The number of aromatic amines is 1. The molecule has 2 aromatic rings. The molecule has 126 valence electrons. The van der Waals surface area contributed by atoms with Crippen molar-refractivity contribution in [2.45, 2.75) is 38.8 Å². The summed E-state index contributed by atoms with van der Waals surface area (Å²) in [5, 5.41) is 13.0. The van der Waals surface area contributed by atoms with Gasteiger partial charge in [-0.1, -0.05) is 0 Å². The van der Waals surface area contributed by atoms with Crippen molar-refractivity contribution in [2.75, 3.05) is 18.0 Å². The SMILES string of the molecule is CC(C)(C)OC(=O)N[C@@H]1CCN(c2ccnc3[nH]cc(C#N)c23)C1. The number of pyridine rings is 1. The Kier molecular flexibility index (Phi) is 4.06. The van der Waals surface area contributed by atoms with Gasteiger partial charge in [0.05, 0.1) is 22.7 Å². The van der Waals surface area contributed by atoms with Gasteiger partial charge in [-0.2, -0.15) is 5.26 Å². The topological polar surface area (TPSA) is 94.0 Å². The quantitative estimate of drug-likeness (QED) is 0.884. The molecule has 0 aromatic carbocycles. The van der Waals surface area contributed by atoms with Crippen LogP contribution in [0.1, 0.15) is 32.8 Å². The van der Waals surface area contributed by atoms with E-state index < -0.39 is 11.7 Å². The molecule has 0 radical (unpaired) electrons. The Bertz CT molecular complexity index is 799. The predicted octanol–water partition coefficient (Wildman–Crippen LogP) is 2.54.